The van der Waals surface area contributed by atoms with E-state index in [1.165, 1.54) is 0 Å². The normalized spacial score (nSPS) is 16.2. The minimum atomic E-state index is -1.69. The highest BCUT2D eigenvalue weighted by Crippen LogP contribution is 2.37. The molecule has 0 saturated heterocycles. The van der Waals surface area contributed by atoms with E-state index in [9.17, 15) is 0 Å². The molecule has 0 rings (SSSR count). The Hall–Kier alpha value is 0.307. The fourth-order valence-electron chi connectivity index (χ4n) is 3.00. The number of ether oxygens (including phenoxy) is 2. The van der Waals surface area contributed by atoms with Gasteiger partial charge in [0.15, 0.2) is 8.32 Å². The van der Waals surface area contributed by atoms with Crippen LogP contribution in [-0.4, -0.2) is 34.4 Å². The highest BCUT2D eigenvalue weighted by Gasteiger charge is 2.42. The van der Waals surface area contributed by atoms with E-state index in [0.29, 0.717) is 6.79 Å². The molecule has 24 heavy (non-hydrogen) atoms. The Balaban J connectivity index is 5.57. The van der Waals surface area contributed by atoms with Gasteiger partial charge in [-0.3, -0.25) is 0 Å². The van der Waals surface area contributed by atoms with E-state index < -0.39 is 8.32 Å². The van der Waals surface area contributed by atoms with Gasteiger partial charge in [0.2, 0.25) is 0 Å². The number of allylic oxidation sites excluding steroid dienone is 1. The number of hydrogen-bond acceptors (Lipinski definition) is 3. The summed E-state index contributed by atoms with van der Waals surface area (Å²) in [5.74, 6) is 0. The van der Waals surface area contributed by atoms with Crippen molar-refractivity contribution in [3.63, 3.8) is 0 Å². The Morgan fingerprint density at radius 2 is 1.71 bits per heavy atom. The van der Waals surface area contributed by atoms with Gasteiger partial charge in [0.05, 0.1) is 12.2 Å². The zero-order valence-electron chi connectivity index (χ0n) is 16.6. The maximum atomic E-state index is 6.89. The van der Waals surface area contributed by atoms with E-state index in [2.05, 4.69) is 79.5 Å². The van der Waals surface area contributed by atoms with Crippen LogP contribution in [-0.2, 0) is 13.9 Å². The van der Waals surface area contributed by atoms with Gasteiger partial charge in [-0.2, -0.15) is 0 Å². The molecule has 0 N–H and O–H groups in total. The van der Waals surface area contributed by atoms with Gasteiger partial charge in [0.25, 0.3) is 0 Å². The van der Waals surface area contributed by atoms with Crippen LogP contribution < -0.4 is 0 Å². The zero-order valence-corrected chi connectivity index (χ0v) is 19.8. The Labute approximate surface area is 164 Å². The molecular formula is C19H37IO3Si. The number of hydrogen-bond donors (Lipinski definition) is 0. The Morgan fingerprint density at radius 1 is 1.12 bits per heavy atom. The van der Waals surface area contributed by atoms with Crippen molar-refractivity contribution in [2.45, 2.75) is 78.3 Å². The van der Waals surface area contributed by atoms with Crippen molar-refractivity contribution in [3.8, 4) is 0 Å². The molecule has 0 heterocycles. The average Bonchev–Trinajstić information content (AvgIpc) is 2.59. The quantitative estimate of drug-likeness (QED) is 0.137. The van der Waals surface area contributed by atoms with Crippen LogP contribution in [0.15, 0.2) is 22.3 Å². The molecule has 0 amide bonds. The highest BCUT2D eigenvalue weighted by atomic mass is 127. The Bertz CT molecular complexity index is 371. The minimum absolute atomic E-state index is 0.0349. The van der Waals surface area contributed by atoms with Crippen LogP contribution in [0.1, 0.15) is 48.0 Å². The van der Waals surface area contributed by atoms with Gasteiger partial charge >= 0.3 is 0 Å². The van der Waals surface area contributed by atoms with E-state index in [1.54, 1.807) is 7.11 Å². The van der Waals surface area contributed by atoms with E-state index in [-0.39, 0.29) is 17.6 Å². The molecule has 0 aliphatic heterocycles. The van der Waals surface area contributed by atoms with Crippen LogP contribution in [0, 0.1) is 5.41 Å². The van der Waals surface area contributed by atoms with Crippen molar-refractivity contribution in [3.05, 3.63) is 22.3 Å². The van der Waals surface area contributed by atoms with E-state index in [0.717, 1.165) is 24.6 Å². The molecule has 0 saturated carbocycles. The first-order valence-corrected chi connectivity index (χ1v) is 12.8. The van der Waals surface area contributed by atoms with Crippen molar-refractivity contribution >= 4 is 30.9 Å². The maximum Gasteiger partial charge on any atom is 0.192 e. The predicted molar refractivity (Wildman–Crippen MR) is 115 cm³/mol. The lowest BCUT2D eigenvalue weighted by atomic mass is 9.79. The molecule has 5 heteroatoms. The highest BCUT2D eigenvalue weighted by molar-refractivity contribution is 14.1. The van der Waals surface area contributed by atoms with Gasteiger partial charge in [0, 0.05) is 12.5 Å². The fourth-order valence-corrected chi connectivity index (χ4v) is 6.30. The van der Waals surface area contributed by atoms with Crippen molar-refractivity contribution in [2.24, 2.45) is 5.41 Å². The van der Waals surface area contributed by atoms with Gasteiger partial charge in [-0.1, -0.05) is 75.4 Å². The van der Waals surface area contributed by atoms with Gasteiger partial charge in [-0.25, -0.2) is 0 Å². The molecule has 0 aromatic heterocycles. The molecule has 0 spiro atoms. The average molecular weight is 468 g/mol. The molecule has 0 aromatic carbocycles. The summed E-state index contributed by atoms with van der Waals surface area (Å²) in [5.41, 5.74) is -0.140. The topological polar surface area (TPSA) is 27.7 Å². The predicted octanol–water partition coefficient (Wildman–Crippen LogP) is 6.31. The SMILES string of the molecule is C/C=C/[C@@H](OCOC)C(C)(C)[C@H](C/C=C\I)O[Si](CC)(CC)CC. The van der Waals surface area contributed by atoms with Crippen LogP contribution in [0.25, 0.3) is 0 Å². The van der Waals surface area contributed by atoms with Gasteiger partial charge in [-0.15, -0.1) is 0 Å². The third-order valence-corrected chi connectivity index (χ3v) is 10.2. The van der Waals surface area contributed by atoms with Crippen molar-refractivity contribution < 1.29 is 13.9 Å². The molecule has 0 radical (unpaired) electrons. The number of rotatable bonds is 13. The maximum absolute atomic E-state index is 6.89. The molecule has 0 aliphatic carbocycles. The molecule has 3 nitrogen and oxygen atoms in total. The summed E-state index contributed by atoms with van der Waals surface area (Å²) in [6.07, 6.45) is 7.39. The summed E-state index contributed by atoms with van der Waals surface area (Å²) in [6, 6.07) is 3.48. The van der Waals surface area contributed by atoms with E-state index >= 15 is 0 Å². The lowest BCUT2D eigenvalue weighted by molar-refractivity contribution is -0.116. The van der Waals surface area contributed by atoms with Crippen LogP contribution >= 0.6 is 22.6 Å². The van der Waals surface area contributed by atoms with Crippen molar-refractivity contribution in [1.29, 1.82) is 0 Å². The van der Waals surface area contributed by atoms with Crippen LogP contribution in [0.3, 0.4) is 0 Å². The van der Waals surface area contributed by atoms with E-state index in [1.807, 2.05) is 6.92 Å². The first kappa shape index (κ1) is 24.3. The van der Waals surface area contributed by atoms with Gasteiger partial charge < -0.3 is 13.9 Å². The summed E-state index contributed by atoms with van der Waals surface area (Å²) in [7, 11) is -0.0252. The Morgan fingerprint density at radius 3 is 2.12 bits per heavy atom. The molecule has 142 valence electrons. The third-order valence-electron chi connectivity index (χ3n) is 5.06. The zero-order chi connectivity index (χ0) is 18.6. The molecule has 0 aromatic rings. The summed E-state index contributed by atoms with van der Waals surface area (Å²) in [5, 5.41) is 0. The van der Waals surface area contributed by atoms with Crippen LogP contribution in [0.4, 0.5) is 0 Å². The van der Waals surface area contributed by atoms with E-state index in [4.69, 9.17) is 13.9 Å². The molecule has 0 unspecified atom stereocenters. The summed E-state index contributed by atoms with van der Waals surface area (Å²) >= 11 is 2.28. The summed E-state index contributed by atoms with van der Waals surface area (Å²) < 4.78 is 20.1. The van der Waals surface area contributed by atoms with Gasteiger partial charge in [0.1, 0.15) is 6.79 Å². The molecule has 0 aliphatic rings. The fraction of sp³-hybridized carbons (Fsp3) is 0.789. The first-order valence-electron chi connectivity index (χ1n) is 9.03. The largest absolute Gasteiger partial charge is 0.413 e. The smallest absolute Gasteiger partial charge is 0.192 e. The third kappa shape index (κ3) is 7.28. The molecule has 0 bridgehead atoms. The molecule has 0 fully saturated rings. The van der Waals surface area contributed by atoms with Crippen molar-refractivity contribution in [1.82, 2.24) is 0 Å². The summed E-state index contributed by atoms with van der Waals surface area (Å²) in [4.78, 5) is 0. The van der Waals surface area contributed by atoms with Gasteiger partial charge in [-0.05, 0) is 35.6 Å². The second kappa shape index (κ2) is 12.6. The molecular weight excluding hydrogens is 431 g/mol. The minimum Gasteiger partial charge on any atom is -0.413 e. The van der Waals surface area contributed by atoms with Crippen LogP contribution in [0.5, 0.6) is 0 Å². The second-order valence-corrected chi connectivity index (χ2v) is 12.2. The number of methoxy groups -OCH3 is 1. The van der Waals surface area contributed by atoms with Crippen molar-refractivity contribution in [2.75, 3.05) is 13.9 Å². The summed E-state index contributed by atoms with van der Waals surface area (Å²) in [6.45, 7) is 13.7. The Kier molecular flexibility index (Phi) is 12.8. The van der Waals surface area contributed by atoms with Crippen LogP contribution in [0.2, 0.25) is 18.1 Å². The monoisotopic (exact) mass is 468 g/mol. The lowest BCUT2D eigenvalue weighted by Gasteiger charge is -2.44. The molecule has 2 atom stereocenters. The lowest BCUT2D eigenvalue weighted by Crippen LogP contribution is -2.49. The standard InChI is InChI=1S/C19H37IO3Si/c1-8-13-17(22-16-21-7)19(5,6)18(14-12-15-20)23-24(9-2,10-3)11-4/h8,12-13,15,17-18H,9-11,14,16H2,1-7H3/b13-8+,15-12-/t17-,18+/m1/s1. The number of halogens is 1. The first-order chi connectivity index (χ1) is 11.4. The second-order valence-electron chi connectivity index (χ2n) is 6.79.